The van der Waals surface area contributed by atoms with Crippen LogP contribution in [-0.4, -0.2) is 70.5 Å². The molecule has 13 heteroatoms. The van der Waals surface area contributed by atoms with Crippen LogP contribution in [0, 0.1) is 12.3 Å². The molecule has 2 aliphatic heterocycles. The number of benzene rings is 1. The molecule has 2 aliphatic rings. The number of carboxylic acids is 2. The van der Waals surface area contributed by atoms with E-state index < -0.39 is 24.3 Å². The van der Waals surface area contributed by atoms with Gasteiger partial charge in [0.05, 0.1) is 0 Å². The topological polar surface area (TPSA) is 81.1 Å². The summed E-state index contributed by atoms with van der Waals surface area (Å²) in [7, 11) is 0. The van der Waals surface area contributed by atoms with Crippen molar-refractivity contribution in [3.8, 4) is 0 Å². The molecule has 0 radical (unpaired) electrons. The Kier molecular flexibility index (Phi) is 11.8. The van der Waals surface area contributed by atoms with Crippen LogP contribution in [0.1, 0.15) is 42.4 Å². The van der Waals surface area contributed by atoms with Crippen molar-refractivity contribution in [1.82, 2.24) is 9.80 Å². The predicted octanol–water partition coefficient (Wildman–Crippen LogP) is 6.20. The largest absolute Gasteiger partial charge is 0.490 e. The summed E-state index contributed by atoms with van der Waals surface area (Å²) in [6.45, 7) is 9.56. The van der Waals surface area contributed by atoms with Crippen LogP contribution in [0.2, 0.25) is 0 Å². The quantitative estimate of drug-likeness (QED) is 0.418. The van der Waals surface area contributed by atoms with Gasteiger partial charge in [0.25, 0.3) is 0 Å². The van der Waals surface area contributed by atoms with Gasteiger partial charge in [-0.15, -0.1) is 0 Å². The van der Waals surface area contributed by atoms with Crippen molar-refractivity contribution in [3.05, 3.63) is 57.8 Å². The third-order valence-corrected chi connectivity index (χ3v) is 7.39. The number of piperidine rings is 2. The summed E-state index contributed by atoms with van der Waals surface area (Å²) in [6, 6.07) is 11.4. The highest BCUT2D eigenvalue weighted by Gasteiger charge is 2.39. The molecule has 2 fully saturated rings. The molecule has 3 heterocycles. The van der Waals surface area contributed by atoms with Crippen LogP contribution >= 0.6 is 11.3 Å². The fourth-order valence-electron chi connectivity index (χ4n) is 4.63. The molecule has 0 aliphatic carbocycles. The average molecular weight is 583 g/mol. The molecule has 0 amide bonds. The first kappa shape index (κ1) is 32.6. The van der Waals surface area contributed by atoms with E-state index in [1.165, 1.54) is 68.6 Å². The van der Waals surface area contributed by atoms with Gasteiger partial charge in [0.2, 0.25) is 0 Å². The standard InChI is InChI=1S/C22H30N2S.2C2HF3O2/c1-19-3-5-20(6-4-19)15-24-11-2-8-22(18-24)9-12-23(13-10-22)16-21-7-14-25-17-21;2*3-2(4,5)1(6)7/h3-7,14,17H,2,8-13,15-16,18H2,1H3;2*(H,6,7). The highest BCUT2D eigenvalue weighted by Crippen LogP contribution is 2.40. The van der Waals surface area contributed by atoms with E-state index in [0.29, 0.717) is 5.41 Å². The van der Waals surface area contributed by atoms with Crippen LogP contribution in [0.3, 0.4) is 0 Å². The van der Waals surface area contributed by atoms with Crippen LogP contribution < -0.4 is 0 Å². The Morgan fingerprint density at radius 3 is 1.79 bits per heavy atom. The molecule has 2 aromatic rings. The molecule has 0 unspecified atom stereocenters. The second-order valence-electron chi connectivity index (χ2n) is 9.81. The number of likely N-dealkylation sites (tertiary alicyclic amines) is 2. The Morgan fingerprint density at radius 2 is 1.33 bits per heavy atom. The molecule has 4 rings (SSSR count). The number of aliphatic carboxylic acids is 2. The van der Waals surface area contributed by atoms with Crippen molar-refractivity contribution in [2.45, 2.75) is 58.0 Å². The Hall–Kier alpha value is -2.64. The fourth-order valence-corrected chi connectivity index (χ4v) is 5.29. The lowest BCUT2D eigenvalue weighted by atomic mass is 9.72. The van der Waals surface area contributed by atoms with Crippen LogP contribution in [0.4, 0.5) is 26.3 Å². The Morgan fingerprint density at radius 1 is 0.821 bits per heavy atom. The number of carbonyl (C=O) groups is 2. The van der Waals surface area contributed by atoms with Crippen LogP contribution in [0.5, 0.6) is 0 Å². The Labute approximate surface area is 226 Å². The minimum Gasteiger partial charge on any atom is -0.475 e. The molecular formula is C26H32F6N2O4S. The minimum atomic E-state index is -5.08. The molecule has 1 aromatic carbocycles. The number of aryl methyl sites for hydroxylation is 1. The lowest BCUT2D eigenvalue weighted by molar-refractivity contribution is -0.193. The Balaban J connectivity index is 0.000000317. The number of halogens is 6. The number of carboxylic acid groups (broad SMARTS) is 2. The van der Waals surface area contributed by atoms with Crippen molar-refractivity contribution < 1.29 is 46.1 Å². The maximum absolute atomic E-state index is 10.6. The minimum absolute atomic E-state index is 0.577. The van der Waals surface area contributed by atoms with Crippen molar-refractivity contribution >= 4 is 23.3 Å². The molecule has 0 bridgehead atoms. The zero-order valence-electron chi connectivity index (χ0n) is 21.4. The molecule has 6 nitrogen and oxygen atoms in total. The summed E-state index contributed by atoms with van der Waals surface area (Å²) in [5.41, 5.74) is 4.90. The van der Waals surface area contributed by atoms with Crippen molar-refractivity contribution in [2.75, 3.05) is 26.2 Å². The summed E-state index contributed by atoms with van der Waals surface area (Å²) < 4.78 is 63.5. The van der Waals surface area contributed by atoms with E-state index in [-0.39, 0.29) is 0 Å². The van der Waals surface area contributed by atoms with E-state index in [4.69, 9.17) is 19.8 Å². The average Bonchev–Trinajstić information content (AvgIpc) is 3.35. The summed E-state index contributed by atoms with van der Waals surface area (Å²) in [5.74, 6) is -5.51. The van der Waals surface area contributed by atoms with Crippen LogP contribution in [0.25, 0.3) is 0 Å². The number of alkyl halides is 6. The van der Waals surface area contributed by atoms with Gasteiger partial charge in [-0.2, -0.15) is 37.7 Å². The maximum atomic E-state index is 10.6. The van der Waals surface area contributed by atoms with E-state index in [2.05, 4.69) is 57.8 Å². The van der Waals surface area contributed by atoms with Gasteiger partial charge in [0.15, 0.2) is 0 Å². The van der Waals surface area contributed by atoms with E-state index in [0.717, 1.165) is 13.1 Å². The number of rotatable bonds is 4. The molecule has 39 heavy (non-hydrogen) atoms. The van der Waals surface area contributed by atoms with Gasteiger partial charge >= 0.3 is 24.3 Å². The lowest BCUT2D eigenvalue weighted by Gasteiger charge is -2.48. The summed E-state index contributed by atoms with van der Waals surface area (Å²) >= 11 is 1.82. The maximum Gasteiger partial charge on any atom is 0.490 e. The van der Waals surface area contributed by atoms with Gasteiger partial charge in [-0.25, -0.2) is 9.59 Å². The third-order valence-electron chi connectivity index (χ3n) is 6.66. The summed E-state index contributed by atoms with van der Waals surface area (Å²) in [5, 5.41) is 18.7. The second kappa shape index (κ2) is 14.1. The number of nitrogens with zero attached hydrogens (tertiary/aromatic N) is 2. The molecule has 0 saturated carbocycles. The fraction of sp³-hybridized carbons (Fsp3) is 0.538. The molecule has 1 spiro atoms. The first-order chi connectivity index (χ1) is 18.1. The lowest BCUT2D eigenvalue weighted by Crippen LogP contribution is -2.49. The third kappa shape index (κ3) is 11.6. The molecular weight excluding hydrogens is 550 g/mol. The van der Waals surface area contributed by atoms with E-state index in [1.807, 2.05) is 11.3 Å². The monoisotopic (exact) mass is 582 g/mol. The highest BCUT2D eigenvalue weighted by molar-refractivity contribution is 7.07. The number of hydrogen-bond donors (Lipinski definition) is 2. The molecule has 0 atom stereocenters. The highest BCUT2D eigenvalue weighted by atomic mass is 32.1. The van der Waals surface area contributed by atoms with E-state index in [9.17, 15) is 26.3 Å². The predicted molar refractivity (Wildman–Crippen MR) is 134 cm³/mol. The smallest absolute Gasteiger partial charge is 0.475 e. The number of hydrogen-bond acceptors (Lipinski definition) is 5. The van der Waals surface area contributed by atoms with Gasteiger partial charge in [0.1, 0.15) is 0 Å². The summed E-state index contributed by atoms with van der Waals surface area (Å²) in [6.07, 6.45) is -4.61. The molecule has 2 N–H and O–H groups in total. The first-order valence-electron chi connectivity index (χ1n) is 12.2. The van der Waals surface area contributed by atoms with Crippen LogP contribution in [-0.2, 0) is 22.7 Å². The van der Waals surface area contributed by atoms with E-state index in [1.54, 1.807) is 0 Å². The van der Waals surface area contributed by atoms with Crippen molar-refractivity contribution in [3.63, 3.8) is 0 Å². The van der Waals surface area contributed by atoms with Gasteiger partial charge < -0.3 is 10.2 Å². The van der Waals surface area contributed by atoms with Gasteiger partial charge in [-0.3, -0.25) is 9.80 Å². The number of thiophene rings is 1. The zero-order chi connectivity index (χ0) is 29.3. The SMILES string of the molecule is Cc1ccc(CN2CCCC3(CCN(Cc4ccsc4)CC3)C2)cc1.O=C(O)C(F)(F)F.O=C(O)C(F)(F)F. The molecule has 218 valence electrons. The van der Waals surface area contributed by atoms with Gasteiger partial charge in [0, 0.05) is 19.6 Å². The second-order valence-corrected chi connectivity index (χ2v) is 10.6. The van der Waals surface area contributed by atoms with Crippen LogP contribution in [0.15, 0.2) is 41.1 Å². The van der Waals surface area contributed by atoms with Gasteiger partial charge in [-0.1, -0.05) is 29.8 Å². The molecule has 2 saturated heterocycles. The van der Waals surface area contributed by atoms with Crippen molar-refractivity contribution in [2.24, 2.45) is 5.41 Å². The molecule has 1 aromatic heterocycles. The summed E-state index contributed by atoms with van der Waals surface area (Å²) in [4.78, 5) is 23.2. The van der Waals surface area contributed by atoms with E-state index >= 15 is 0 Å². The van der Waals surface area contributed by atoms with Crippen molar-refractivity contribution in [1.29, 1.82) is 0 Å². The van der Waals surface area contributed by atoms with Gasteiger partial charge in [-0.05, 0) is 85.6 Å². The first-order valence-corrected chi connectivity index (χ1v) is 13.2. The normalized spacial score (nSPS) is 17.9. The Bertz CT molecular complexity index is 1010. The zero-order valence-corrected chi connectivity index (χ0v) is 22.2.